The molecule has 0 aliphatic heterocycles. The molecule has 1 N–H and O–H groups in total. The number of aliphatic hydroxyl groups excluding tert-OH is 1. The van der Waals surface area contributed by atoms with Gasteiger partial charge in [-0.1, -0.05) is 48.0 Å². The fourth-order valence-corrected chi connectivity index (χ4v) is 4.10. The van der Waals surface area contributed by atoms with E-state index in [-0.39, 0.29) is 12.2 Å². The molecule has 0 aliphatic carbocycles. The Hall–Kier alpha value is -3.39. The molecule has 0 saturated carbocycles. The van der Waals surface area contributed by atoms with Crippen molar-refractivity contribution in [2.24, 2.45) is 7.05 Å². The number of nitrogens with zero attached hydrogens (tertiary/aromatic N) is 3. The summed E-state index contributed by atoms with van der Waals surface area (Å²) < 4.78 is 19.7. The van der Waals surface area contributed by atoms with E-state index in [1.807, 2.05) is 101 Å². The van der Waals surface area contributed by atoms with Crippen LogP contribution in [0.25, 0.3) is 11.3 Å². The van der Waals surface area contributed by atoms with Gasteiger partial charge in [0.1, 0.15) is 17.2 Å². The molecule has 2 aromatic carbocycles. The van der Waals surface area contributed by atoms with E-state index in [0.717, 1.165) is 28.3 Å². The number of rotatable bonds is 11. The van der Waals surface area contributed by atoms with Gasteiger partial charge in [0.15, 0.2) is 0 Å². The van der Waals surface area contributed by atoms with Gasteiger partial charge in [0, 0.05) is 25.7 Å². The van der Waals surface area contributed by atoms with Gasteiger partial charge in [0.25, 0.3) is 0 Å². The van der Waals surface area contributed by atoms with Crippen LogP contribution in [-0.2, 0) is 24.9 Å². The summed E-state index contributed by atoms with van der Waals surface area (Å²) in [4.78, 5) is 2.14. The van der Waals surface area contributed by atoms with E-state index in [2.05, 4.69) is 4.90 Å². The Bertz CT molecular complexity index is 1240. The molecule has 1 atom stereocenters. The summed E-state index contributed by atoms with van der Waals surface area (Å²) in [5.74, 6) is 2.22. The van der Waals surface area contributed by atoms with Crippen molar-refractivity contribution in [3.05, 3.63) is 89.9 Å². The largest absolute Gasteiger partial charge is 0.468 e. The zero-order valence-electron chi connectivity index (χ0n) is 22.3. The molecule has 2 aromatic heterocycles. The van der Waals surface area contributed by atoms with Gasteiger partial charge in [0.05, 0.1) is 36.7 Å². The van der Waals surface area contributed by atoms with Gasteiger partial charge >= 0.3 is 0 Å². The number of ether oxygens (including phenoxy) is 2. The molecule has 0 bridgehead atoms. The fourth-order valence-electron chi connectivity index (χ4n) is 4.10. The second-order valence-corrected chi connectivity index (χ2v) is 10.4. The number of aliphatic hydroxyl groups is 1. The molecule has 2 heterocycles. The van der Waals surface area contributed by atoms with Crippen LogP contribution in [0.15, 0.2) is 77.4 Å². The monoisotopic (exact) mass is 503 g/mol. The van der Waals surface area contributed by atoms with Crippen LogP contribution in [0.4, 0.5) is 0 Å². The van der Waals surface area contributed by atoms with Gasteiger partial charge in [-0.2, -0.15) is 5.10 Å². The molecule has 7 nitrogen and oxygen atoms in total. The van der Waals surface area contributed by atoms with Gasteiger partial charge in [-0.05, 0) is 52.0 Å². The maximum atomic E-state index is 10.9. The van der Waals surface area contributed by atoms with Crippen LogP contribution >= 0.6 is 0 Å². The minimum atomic E-state index is -0.674. The molecule has 7 heteroatoms. The normalized spacial score (nSPS) is 12.7. The van der Waals surface area contributed by atoms with E-state index in [9.17, 15) is 5.11 Å². The Morgan fingerprint density at radius 1 is 1.00 bits per heavy atom. The molecule has 0 spiro atoms. The van der Waals surface area contributed by atoms with Crippen LogP contribution in [0.5, 0.6) is 11.6 Å². The predicted molar refractivity (Wildman–Crippen MR) is 144 cm³/mol. The SMILES string of the molecule is Cc1ccc(Oc2c(CN(Cc3ccco3)C[C@H](O)COC(C)(C)C)c(-c3ccccc3)nn2C)cc1. The fraction of sp³-hybridized carbons (Fsp3) is 0.367. The van der Waals surface area contributed by atoms with Gasteiger partial charge < -0.3 is 19.0 Å². The smallest absolute Gasteiger partial charge is 0.222 e. The first-order valence-corrected chi connectivity index (χ1v) is 12.6. The zero-order chi connectivity index (χ0) is 26.4. The van der Waals surface area contributed by atoms with Gasteiger partial charge in [-0.15, -0.1) is 0 Å². The van der Waals surface area contributed by atoms with Crippen molar-refractivity contribution in [2.75, 3.05) is 13.2 Å². The third-order valence-electron chi connectivity index (χ3n) is 5.89. The average molecular weight is 504 g/mol. The lowest BCUT2D eigenvalue weighted by Crippen LogP contribution is -2.36. The standard InChI is InChI=1S/C30H37N3O4/c1-22-13-15-25(16-14-22)37-29-27(28(31-32(29)5)23-10-7-6-8-11-23)20-33(19-26-12-9-17-35-26)18-24(34)21-36-30(2,3)4/h6-17,24,34H,18-21H2,1-5H3/t24-/m0/s1. The van der Waals surface area contributed by atoms with E-state index in [1.165, 1.54) is 5.56 Å². The number of aromatic nitrogens is 2. The first kappa shape index (κ1) is 26.7. The molecule has 4 rings (SSSR count). The molecule has 4 aromatic rings. The topological polar surface area (TPSA) is 72.9 Å². The third-order valence-corrected chi connectivity index (χ3v) is 5.89. The molecule has 37 heavy (non-hydrogen) atoms. The molecule has 0 radical (unpaired) electrons. The molecule has 196 valence electrons. The highest BCUT2D eigenvalue weighted by Crippen LogP contribution is 2.34. The summed E-state index contributed by atoms with van der Waals surface area (Å²) in [6, 6.07) is 21.9. The number of benzene rings is 2. The summed E-state index contributed by atoms with van der Waals surface area (Å²) in [6.45, 7) is 9.64. The van der Waals surface area contributed by atoms with Crippen molar-refractivity contribution < 1.29 is 19.0 Å². The Labute approximate surface area is 219 Å². The van der Waals surface area contributed by atoms with Crippen molar-refractivity contribution in [1.82, 2.24) is 14.7 Å². The van der Waals surface area contributed by atoms with Crippen LogP contribution in [0.3, 0.4) is 0 Å². The Morgan fingerprint density at radius 3 is 2.38 bits per heavy atom. The van der Waals surface area contributed by atoms with E-state index in [0.29, 0.717) is 25.5 Å². The molecular weight excluding hydrogens is 466 g/mol. The maximum absolute atomic E-state index is 10.9. The average Bonchev–Trinajstić information content (AvgIpc) is 3.48. The summed E-state index contributed by atoms with van der Waals surface area (Å²) in [5.41, 5.74) is 3.62. The highest BCUT2D eigenvalue weighted by atomic mass is 16.5. The number of hydrogen-bond acceptors (Lipinski definition) is 6. The first-order valence-electron chi connectivity index (χ1n) is 12.6. The second kappa shape index (κ2) is 11.8. The van der Waals surface area contributed by atoms with Crippen LogP contribution in [0, 0.1) is 6.92 Å². The molecule has 0 amide bonds. The lowest BCUT2D eigenvalue weighted by Gasteiger charge is -2.27. The highest BCUT2D eigenvalue weighted by Gasteiger charge is 2.24. The van der Waals surface area contributed by atoms with Gasteiger partial charge in [-0.3, -0.25) is 4.90 Å². The number of aryl methyl sites for hydroxylation is 2. The van der Waals surface area contributed by atoms with Crippen molar-refractivity contribution in [3.63, 3.8) is 0 Å². The van der Waals surface area contributed by atoms with Crippen LogP contribution in [0.1, 0.15) is 37.7 Å². The molecule has 0 aliphatic rings. The Morgan fingerprint density at radius 2 is 1.73 bits per heavy atom. The third kappa shape index (κ3) is 7.55. The minimum absolute atomic E-state index is 0.240. The lowest BCUT2D eigenvalue weighted by molar-refractivity contribution is -0.0576. The van der Waals surface area contributed by atoms with Crippen molar-refractivity contribution in [3.8, 4) is 22.9 Å². The van der Waals surface area contributed by atoms with Crippen LogP contribution in [0.2, 0.25) is 0 Å². The summed E-state index contributed by atoms with van der Waals surface area (Å²) in [7, 11) is 1.89. The minimum Gasteiger partial charge on any atom is -0.468 e. The number of furan rings is 1. The van der Waals surface area contributed by atoms with Gasteiger partial charge in [0.2, 0.25) is 5.88 Å². The number of hydrogen-bond donors (Lipinski definition) is 1. The van der Waals surface area contributed by atoms with Crippen molar-refractivity contribution in [2.45, 2.75) is 52.5 Å². The molecule has 0 saturated heterocycles. The lowest BCUT2D eigenvalue weighted by atomic mass is 10.1. The predicted octanol–water partition coefficient (Wildman–Crippen LogP) is 5.96. The van der Waals surface area contributed by atoms with Crippen molar-refractivity contribution in [1.29, 1.82) is 0 Å². The highest BCUT2D eigenvalue weighted by molar-refractivity contribution is 5.65. The maximum Gasteiger partial charge on any atom is 0.222 e. The Kier molecular flexibility index (Phi) is 8.48. The first-order chi connectivity index (χ1) is 17.7. The van der Waals surface area contributed by atoms with Crippen molar-refractivity contribution >= 4 is 0 Å². The van der Waals surface area contributed by atoms with E-state index < -0.39 is 6.10 Å². The molecular formula is C30H37N3O4. The van der Waals surface area contributed by atoms with Gasteiger partial charge in [-0.25, -0.2) is 4.68 Å². The Balaban J connectivity index is 1.67. The second-order valence-electron chi connectivity index (χ2n) is 10.4. The molecule has 0 fully saturated rings. The summed E-state index contributed by atoms with van der Waals surface area (Å²) in [6.07, 6.45) is 0.991. The van der Waals surface area contributed by atoms with Crippen LogP contribution < -0.4 is 4.74 Å². The van der Waals surface area contributed by atoms with Crippen LogP contribution in [-0.4, -0.2) is 44.6 Å². The summed E-state index contributed by atoms with van der Waals surface area (Å²) in [5, 5.41) is 15.7. The molecule has 0 unspecified atom stereocenters. The zero-order valence-corrected chi connectivity index (χ0v) is 22.3. The van der Waals surface area contributed by atoms with E-state index >= 15 is 0 Å². The summed E-state index contributed by atoms with van der Waals surface area (Å²) >= 11 is 0. The van der Waals surface area contributed by atoms with E-state index in [4.69, 9.17) is 19.0 Å². The quantitative estimate of drug-likeness (QED) is 0.272. The van der Waals surface area contributed by atoms with E-state index in [1.54, 1.807) is 10.9 Å².